The average molecular weight is 242 g/mol. The molecule has 3 atom stereocenters. The molecule has 0 aromatic carbocycles. The Morgan fingerprint density at radius 2 is 2.06 bits per heavy atom. The van der Waals surface area contributed by atoms with Crippen LogP contribution in [0.15, 0.2) is 0 Å². The number of hydrogen-bond acceptors (Lipinski definition) is 3. The van der Waals surface area contributed by atoms with Crippen molar-refractivity contribution < 1.29 is 5.11 Å². The highest BCUT2D eigenvalue weighted by Crippen LogP contribution is 2.13. The molecule has 102 valence electrons. The SMILES string of the molecule is CC(C)CC(CO)NC(C)CC1CCCCN1. The Kier molecular flexibility index (Phi) is 7.09. The Hall–Kier alpha value is -0.120. The van der Waals surface area contributed by atoms with Crippen LogP contribution in [0.2, 0.25) is 0 Å². The van der Waals surface area contributed by atoms with Crippen molar-refractivity contribution in [2.75, 3.05) is 13.2 Å². The Bertz CT molecular complexity index is 191. The molecule has 3 heteroatoms. The summed E-state index contributed by atoms with van der Waals surface area (Å²) in [5.74, 6) is 0.639. The smallest absolute Gasteiger partial charge is 0.0584 e. The Labute approximate surface area is 106 Å². The molecule has 0 aliphatic carbocycles. The second-order valence-corrected chi connectivity index (χ2v) is 5.96. The number of hydrogen-bond donors (Lipinski definition) is 3. The Morgan fingerprint density at radius 1 is 1.29 bits per heavy atom. The summed E-state index contributed by atoms with van der Waals surface area (Å²) in [7, 11) is 0. The van der Waals surface area contributed by atoms with E-state index in [4.69, 9.17) is 0 Å². The lowest BCUT2D eigenvalue weighted by molar-refractivity contribution is 0.208. The van der Waals surface area contributed by atoms with Crippen LogP contribution >= 0.6 is 0 Å². The average Bonchev–Trinajstić information content (AvgIpc) is 2.28. The summed E-state index contributed by atoms with van der Waals surface area (Å²) in [5, 5.41) is 16.5. The van der Waals surface area contributed by atoms with E-state index in [0.717, 1.165) is 6.42 Å². The first-order valence-electron chi connectivity index (χ1n) is 7.22. The first-order chi connectivity index (χ1) is 8.11. The summed E-state index contributed by atoms with van der Waals surface area (Å²) in [5.41, 5.74) is 0. The van der Waals surface area contributed by atoms with E-state index in [-0.39, 0.29) is 12.6 Å². The maximum atomic E-state index is 9.35. The van der Waals surface area contributed by atoms with Gasteiger partial charge >= 0.3 is 0 Å². The predicted molar refractivity (Wildman–Crippen MR) is 73.2 cm³/mol. The molecule has 1 rings (SSSR count). The van der Waals surface area contributed by atoms with Crippen LogP contribution in [0.4, 0.5) is 0 Å². The summed E-state index contributed by atoms with van der Waals surface area (Å²) in [6.45, 7) is 8.07. The van der Waals surface area contributed by atoms with Crippen LogP contribution in [0.1, 0.15) is 52.9 Å². The van der Waals surface area contributed by atoms with Gasteiger partial charge in [0.05, 0.1) is 6.61 Å². The molecule has 1 aliphatic rings. The zero-order valence-corrected chi connectivity index (χ0v) is 11.7. The van der Waals surface area contributed by atoms with E-state index in [2.05, 4.69) is 31.4 Å². The molecule has 1 saturated heterocycles. The number of aliphatic hydroxyl groups is 1. The molecule has 1 aliphatic heterocycles. The lowest BCUT2D eigenvalue weighted by atomic mass is 9.97. The van der Waals surface area contributed by atoms with E-state index >= 15 is 0 Å². The van der Waals surface area contributed by atoms with Gasteiger partial charge in [0.2, 0.25) is 0 Å². The molecule has 17 heavy (non-hydrogen) atoms. The maximum Gasteiger partial charge on any atom is 0.0584 e. The zero-order valence-electron chi connectivity index (χ0n) is 11.7. The van der Waals surface area contributed by atoms with Gasteiger partial charge in [-0.25, -0.2) is 0 Å². The summed E-state index contributed by atoms with van der Waals surface area (Å²) >= 11 is 0. The third-order valence-electron chi connectivity index (χ3n) is 3.55. The molecule has 1 fully saturated rings. The highest BCUT2D eigenvalue weighted by Gasteiger charge is 2.18. The molecule has 3 nitrogen and oxygen atoms in total. The van der Waals surface area contributed by atoms with E-state index < -0.39 is 0 Å². The molecule has 0 spiro atoms. The largest absolute Gasteiger partial charge is 0.395 e. The van der Waals surface area contributed by atoms with Crippen LogP contribution in [-0.4, -0.2) is 36.4 Å². The Morgan fingerprint density at radius 3 is 2.59 bits per heavy atom. The van der Waals surface area contributed by atoms with Crippen molar-refractivity contribution in [1.82, 2.24) is 10.6 Å². The minimum Gasteiger partial charge on any atom is -0.395 e. The zero-order chi connectivity index (χ0) is 12.7. The fourth-order valence-corrected chi connectivity index (χ4v) is 2.79. The lowest BCUT2D eigenvalue weighted by Crippen LogP contribution is -2.44. The van der Waals surface area contributed by atoms with Crippen molar-refractivity contribution in [2.24, 2.45) is 5.92 Å². The van der Waals surface area contributed by atoms with E-state index in [0.29, 0.717) is 18.0 Å². The van der Waals surface area contributed by atoms with Gasteiger partial charge < -0.3 is 15.7 Å². The van der Waals surface area contributed by atoms with Crippen LogP contribution in [0.25, 0.3) is 0 Å². The molecule has 0 radical (unpaired) electrons. The number of piperidine rings is 1. The highest BCUT2D eigenvalue weighted by molar-refractivity contribution is 4.79. The van der Waals surface area contributed by atoms with Crippen LogP contribution in [-0.2, 0) is 0 Å². The number of rotatable bonds is 7. The first kappa shape index (κ1) is 14.9. The first-order valence-corrected chi connectivity index (χ1v) is 7.22. The van der Waals surface area contributed by atoms with Crippen molar-refractivity contribution >= 4 is 0 Å². The highest BCUT2D eigenvalue weighted by atomic mass is 16.3. The molecule has 3 unspecified atom stereocenters. The normalized spacial score (nSPS) is 24.9. The Balaban J connectivity index is 2.23. The molecular weight excluding hydrogens is 212 g/mol. The third-order valence-corrected chi connectivity index (χ3v) is 3.55. The van der Waals surface area contributed by atoms with Gasteiger partial charge in [-0.3, -0.25) is 0 Å². The summed E-state index contributed by atoms with van der Waals surface area (Å²) in [6, 6.07) is 1.42. The quantitative estimate of drug-likeness (QED) is 0.639. The molecule has 0 bridgehead atoms. The van der Waals surface area contributed by atoms with Gasteiger partial charge in [-0.1, -0.05) is 20.3 Å². The monoisotopic (exact) mass is 242 g/mol. The van der Waals surface area contributed by atoms with Crippen LogP contribution in [0.3, 0.4) is 0 Å². The third kappa shape index (κ3) is 6.39. The predicted octanol–water partition coefficient (Wildman–Crippen LogP) is 1.90. The molecule has 0 aromatic heterocycles. The van der Waals surface area contributed by atoms with Crippen LogP contribution in [0.5, 0.6) is 0 Å². The van der Waals surface area contributed by atoms with Crippen molar-refractivity contribution in [1.29, 1.82) is 0 Å². The molecule has 1 heterocycles. The molecule has 0 amide bonds. The van der Waals surface area contributed by atoms with Gasteiger partial charge in [-0.05, 0) is 45.1 Å². The van der Waals surface area contributed by atoms with Crippen molar-refractivity contribution in [3.05, 3.63) is 0 Å². The molecule has 0 aromatic rings. The minimum atomic E-state index is 0.251. The van der Waals surface area contributed by atoms with Crippen LogP contribution in [0, 0.1) is 5.92 Å². The molecule has 3 N–H and O–H groups in total. The summed E-state index contributed by atoms with van der Waals surface area (Å²) in [4.78, 5) is 0. The second kappa shape index (κ2) is 8.06. The summed E-state index contributed by atoms with van der Waals surface area (Å²) < 4.78 is 0. The van der Waals surface area contributed by atoms with Gasteiger partial charge in [0.1, 0.15) is 0 Å². The van der Waals surface area contributed by atoms with E-state index in [9.17, 15) is 5.11 Å². The lowest BCUT2D eigenvalue weighted by Gasteiger charge is -2.29. The van der Waals surface area contributed by atoms with Crippen molar-refractivity contribution in [2.45, 2.75) is 71.0 Å². The molecular formula is C14H30N2O. The van der Waals surface area contributed by atoms with Crippen molar-refractivity contribution in [3.63, 3.8) is 0 Å². The van der Waals surface area contributed by atoms with E-state index in [1.54, 1.807) is 0 Å². The van der Waals surface area contributed by atoms with Crippen LogP contribution < -0.4 is 10.6 Å². The van der Waals surface area contributed by atoms with Gasteiger partial charge in [0.15, 0.2) is 0 Å². The fraction of sp³-hybridized carbons (Fsp3) is 1.00. The topological polar surface area (TPSA) is 44.3 Å². The van der Waals surface area contributed by atoms with E-state index in [1.165, 1.54) is 32.2 Å². The summed E-state index contributed by atoms with van der Waals surface area (Å²) in [6.07, 6.45) is 6.22. The minimum absolute atomic E-state index is 0.251. The van der Waals surface area contributed by atoms with Gasteiger partial charge in [0, 0.05) is 18.1 Å². The standard InChI is InChI=1S/C14H30N2O/c1-11(2)8-14(10-17)16-12(3)9-13-6-4-5-7-15-13/h11-17H,4-10H2,1-3H3. The van der Waals surface area contributed by atoms with Gasteiger partial charge in [-0.15, -0.1) is 0 Å². The fourth-order valence-electron chi connectivity index (χ4n) is 2.79. The second-order valence-electron chi connectivity index (χ2n) is 5.96. The maximum absolute atomic E-state index is 9.35. The number of nitrogens with one attached hydrogen (secondary N) is 2. The van der Waals surface area contributed by atoms with E-state index in [1.807, 2.05) is 0 Å². The van der Waals surface area contributed by atoms with Gasteiger partial charge in [-0.2, -0.15) is 0 Å². The molecule has 0 saturated carbocycles. The van der Waals surface area contributed by atoms with Crippen molar-refractivity contribution in [3.8, 4) is 0 Å². The van der Waals surface area contributed by atoms with Gasteiger partial charge in [0.25, 0.3) is 0 Å². The number of aliphatic hydroxyl groups excluding tert-OH is 1.